The second-order valence-corrected chi connectivity index (χ2v) is 8.48. The summed E-state index contributed by atoms with van der Waals surface area (Å²) in [7, 11) is 0. The number of nitrogens with zero attached hydrogens (tertiary/aromatic N) is 2. The van der Waals surface area contributed by atoms with Crippen LogP contribution < -0.4 is 5.32 Å². The topological polar surface area (TPSA) is 52.7 Å². The van der Waals surface area contributed by atoms with Crippen LogP contribution in [0.15, 0.2) is 55.1 Å². The molecule has 1 atom stereocenters. The third-order valence-electron chi connectivity index (χ3n) is 6.33. The van der Waals surface area contributed by atoms with E-state index >= 15 is 0 Å². The predicted molar refractivity (Wildman–Crippen MR) is 120 cm³/mol. The number of anilines is 2. The SMILES string of the molecule is C=CC(=O)N1CCCC(C(=O)N2CCc3c(cccc3Nc3ccc(C(F)(F)F)cc3)C2)C1. The van der Waals surface area contributed by atoms with E-state index < -0.39 is 11.7 Å². The summed E-state index contributed by atoms with van der Waals surface area (Å²) in [5.41, 5.74) is 2.80. The van der Waals surface area contributed by atoms with Crippen molar-refractivity contribution < 1.29 is 22.8 Å². The number of hydrogen-bond donors (Lipinski definition) is 1. The molecule has 33 heavy (non-hydrogen) atoms. The van der Waals surface area contributed by atoms with Crippen LogP contribution in [0.3, 0.4) is 0 Å². The van der Waals surface area contributed by atoms with Crippen molar-refractivity contribution in [3.8, 4) is 0 Å². The molecule has 2 aliphatic heterocycles. The van der Waals surface area contributed by atoms with E-state index in [9.17, 15) is 22.8 Å². The molecule has 0 radical (unpaired) electrons. The number of nitrogens with one attached hydrogen (secondary N) is 1. The number of fused-ring (bicyclic) bond motifs is 1. The third kappa shape index (κ3) is 5.05. The Kier molecular flexibility index (Phi) is 6.44. The van der Waals surface area contributed by atoms with Crippen LogP contribution in [0.5, 0.6) is 0 Å². The molecule has 2 aliphatic rings. The van der Waals surface area contributed by atoms with E-state index in [0.717, 1.165) is 41.8 Å². The third-order valence-corrected chi connectivity index (χ3v) is 6.33. The number of carbonyl (C=O) groups is 2. The largest absolute Gasteiger partial charge is 0.416 e. The van der Waals surface area contributed by atoms with E-state index in [-0.39, 0.29) is 17.7 Å². The number of likely N-dealkylation sites (tertiary alicyclic amines) is 1. The lowest BCUT2D eigenvalue weighted by Gasteiger charge is -2.36. The molecule has 5 nitrogen and oxygen atoms in total. The van der Waals surface area contributed by atoms with Gasteiger partial charge in [0.05, 0.1) is 11.5 Å². The smallest absolute Gasteiger partial charge is 0.355 e. The molecule has 8 heteroatoms. The molecule has 1 unspecified atom stereocenters. The van der Waals surface area contributed by atoms with Gasteiger partial charge in [-0.3, -0.25) is 9.59 Å². The molecule has 0 aromatic heterocycles. The summed E-state index contributed by atoms with van der Waals surface area (Å²) in [6.45, 7) is 5.63. The van der Waals surface area contributed by atoms with Gasteiger partial charge in [0.2, 0.25) is 11.8 Å². The average molecular weight is 457 g/mol. The molecule has 0 saturated carbocycles. The number of alkyl halides is 3. The van der Waals surface area contributed by atoms with E-state index in [1.54, 1.807) is 4.90 Å². The number of rotatable bonds is 4. The van der Waals surface area contributed by atoms with E-state index in [1.165, 1.54) is 18.2 Å². The Morgan fingerprint density at radius 1 is 1.06 bits per heavy atom. The second kappa shape index (κ2) is 9.29. The fourth-order valence-electron chi connectivity index (χ4n) is 4.58. The maximum absolute atomic E-state index is 13.2. The van der Waals surface area contributed by atoms with Gasteiger partial charge in [-0.2, -0.15) is 13.2 Å². The number of carbonyl (C=O) groups excluding carboxylic acids is 2. The van der Waals surface area contributed by atoms with Crippen LogP contribution in [0, 0.1) is 5.92 Å². The normalized spacial score (nSPS) is 18.5. The van der Waals surface area contributed by atoms with Crippen molar-refractivity contribution in [1.82, 2.24) is 9.80 Å². The van der Waals surface area contributed by atoms with Crippen LogP contribution in [0.4, 0.5) is 24.5 Å². The van der Waals surface area contributed by atoms with Crippen LogP contribution in [-0.4, -0.2) is 41.2 Å². The van der Waals surface area contributed by atoms with Gasteiger partial charge in [-0.15, -0.1) is 0 Å². The van der Waals surface area contributed by atoms with E-state index in [2.05, 4.69) is 11.9 Å². The lowest BCUT2D eigenvalue weighted by Crippen LogP contribution is -2.47. The standard InChI is InChI=1S/C25H26F3N3O2/c1-2-23(32)30-13-4-6-18(16-30)24(33)31-14-12-21-17(15-31)5-3-7-22(21)29-20-10-8-19(9-11-20)25(26,27)28/h2-3,5,7-11,18,29H,1,4,6,12-16H2. The van der Waals surface area contributed by atoms with E-state index in [4.69, 9.17) is 0 Å². The second-order valence-electron chi connectivity index (χ2n) is 8.48. The minimum atomic E-state index is -4.37. The number of hydrogen-bond acceptors (Lipinski definition) is 3. The predicted octanol–water partition coefficient (Wildman–Crippen LogP) is 4.76. The maximum atomic E-state index is 13.2. The molecule has 1 N–H and O–H groups in total. The zero-order valence-electron chi connectivity index (χ0n) is 18.2. The van der Waals surface area contributed by atoms with Crippen LogP contribution in [0.2, 0.25) is 0 Å². The van der Waals surface area contributed by atoms with Crippen molar-refractivity contribution in [3.63, 3.8) is 0 Å². The molecule has 4 rings (SSSR count). The minimum Gasteiger partial charge on any atom is -0.355 e. The first-order valence-electron chi connectivity index (χ1n) is 11.0. The first-order valence-corrected chi connectivity index (χ1v) is 11.0. The van der Waals surface area contributed by atoms with Gasteiger partial charge in [-0.05, 0) is 66.8 Å². The molecule has 2 aromatic carbocycles. The van der Waals surface area contributed by atoms with Gasteiger partial charge in [0.25, 0.3) is 0 Å². The summed E-state index contributed by atoms with van der Waals surface area (Å²) in [6, 6.07) is 10.7. The van der Waals surface area contributed by atoms with Crippen molar-refractivity contribution in [2.75, 3.05) is 25.0 Å². The monoisotopic (exact) mass is 457 g/mol. The van der Waals surface area contributed by atoms with E-state index in [0.29, 0.717) is 38.3 Å². The number of piperidine rings is 1. The Morgan fingerprint density at radius 2 is 1.82 bits per heavy atom. The summed E-state index contributed by atoms with van der Waals surface area (Å²) in [4.78, 5) is 28.6. The van der Waals surface area contributed by atoms with Gasteiger partial charge in [-0.1, -0.05) is 18.7 Å². The Labute approximate surface area is 190 Å². The van der Waals surface area contributed by atoms with Gasteiger partial charge in [0.1, 0.15) is 0 Å². The first kappa shape index (κ1) is 22.9. The van der Waals surface area contributed by atoms with Crippen molar-refractivity contribution >= 4 is 23.2 Å². The van der Waals surface area contributed by atoms with Crippen molar-refractivity contribution in [3.05, 3.63) is 71.8 Å². The van der Waals surface area contributed by atoms with Gasteiger partial charge in [-0.25, -0.2) is 0 Å². The summed E-state index contributed by atoms with van der Waals surface area (Å²) in [5.74, 6) is -0.295. The Balaban J connectivity index is 1.45. The molecule has 174 valence electrons. The van der Waals surface area contributed by atoms with Crippen LogP contribution in [0.25, 0.3) is 0 Å². The van der Waals surface area contributed by atoms with Gasteiger partial charge >= 0.3 is 6.18 Å². The zero-order chi connectivity index (χ0) is 23.6. The Morgan fingerprint density at radius 3 is 2.52 bits per heavy atom. The van der Waals surface area contributed by atoms with Crippen molar-refractivity contribution in [2.45, 2.75) is 32.0 Å². The summed E-state index contributed by atoms with van der Waals surface area (Å²) in [5, 5.41) is 3.22. The number of benzene rings is 2. The highest BCUT2D eigenvalue weighted by molar-refractivity contribution is 5.88. The fraction of sp³-hybridized carbons (Fsp3) is 0.360. The molecular formula is C25H26F3N3O2. The van der Waals surface area contributed by atoms with Gasteiger partial charge < -0.3 is 15.1 Å². The molecular weight excluding hydrogens is 431 g/mol. The molecule has 2 amide bonds. The average Bonchev–Trinajstić information content (AvgIpc) is 2.82. The maximum Gasteiger partial charge on any atom is 0.416 e. The lowest BCUT2D eigenvalue weighted by atomic mass is 9.93. The summed E-state index contributed by atoms with van der Waals surface area (Å²) in [6.07, 6.45) is -0.878. The summed E-state index contributed by atoms with van der Waals surface area (Å²) >= 11 is 0. The number of halogens is 3. The van der Waals surface area contributed by atoms with Gasteiger partial charge in [0.15, 0.2) is 0 Å². The molecule has 1 fully saturated rings. The quantitative estimate of drug-likeness (QED) is 0.674. The molecule has 2 aromatic rings. The minimum absolute atomic E-state index is 0.0586. The zero-order valence-corrected chi connectivity index (χ0v) is 18.2. The molecule has 0 bridgehead atoms. The van der Waals surface area contributed by atoms with E-state index in [1.807, 2.05) is 23.1 Å². The Hall–Kier alpha value is -3.29. The molecule has 0 aliphatic carbocycles. The Bertz CT molecular complexity index is 1050. The highest BCUT2D eigenvalue weighted by atomic mass is 19.4. The van der Waals surface area contributed by atoms with Crippen LogP contribution in [0.1, 0.15) is 29.5 Å². The molecule has 2 heterocycles. The highest BCUT2D eigenvalue weighted by Gasteiger charge is 2.33. The number of amides is 2. The fourth-order valence-corrected chi connectivity index (χ4v) is 4.58. The summed E-state index contributed by atoms with van der Waals surface area (Å²) < 4.78 is 38.4. The highest BCUT2D eigenvalue weighted by Crippen LogP contribution is 2.33. The van der Waals surface area contributed by atoms with Gasteiger partial charge in [0, 0.05) is 37.6 Å². The first-order chi connectivity index (χ1) is 15.8. The van der Waals surface area contributed by atoms with Crippen molar-refractivity contribution in [1.29, 1.82) is 0 Å². The van der Waals surface area contributed by atoms with Crippen molar-refractivity contribution in [2.24, 2.45) is 5.92 Å². The lowest BCUT2D eigenvalue weighted by molar-refractivity contribution is -0.140. The van der Waals surface area contributed by atoms with Crippen LogP contribution >= 0.6 is 0 Å². The van der Waals surface area contributed by atoms with Crippen LogP contribution in [-0.2, 0) is 28.7 Å². The molecule has 1 saturated heterocycles. The molecule has 0 spiro atoms.